The molecular weight excluding hydrogens is 332 g/mol. The number of piperazine rings is 1. The molecule has 0 bridgehead atoms. The Hall–Kier alpha value is -1.86. The molecule has 0 radical (unpaired) electrons. The third kappa shape index (κ3) is 3.88. The fraction of sp³-hybridized carbons (Fsp3) is 0.368. The minimum absolute atomic E-state index is 0.255. The number of aliphatic hydroxyl groups is 1. The molecule has 5 nitrogen and oxygen atoms in total. The first-order valence-corrected chi connectivity index (χ1v) is 9.48. The minimum Gasteiger partial charge on any atom is -0.395 e. The fourth-order valence-corrected chi connectivity index (χ4v) is 4.25. The van der Waals surface area contributed by atoms with E-state index in [9.17, 15) is 0 Å². The van der Waals surface area contributed by atoms with E-state index >= 15 is 0 Å². The zero-order valence-corrected chi connectivity index (χ0v) is 15.0. The Kier molecular flexibility index (Phi) is 5.03. The Balaban J connectivity index is 1.40. The first kappa shape index (κ1) is 16.6. The average Bonchev–Trinajstić information content (AvgIpc) is 3.08. The third-order valence-electron chi connectivity index (χ3n) is 4.72. The summed E-state index contributed by atoms with van der Waals surface area (Å²) < 4.78 is 0. The van der Waals surface area contributed by atoms with Crippen molar-refractivity contribution in [1.82, 2.24) is 19.8 Å². The minimum atomic E-state index is 0.255. The summed E-state index contributed by atoms with van der Waals surface area (Å²) in [6.45, 7) is 6.26. The highest BCUT2D eigenvalue weighted by molar-refractivity contribution is 7.21. The van der Waals surface area contributed by atoms with Gasteiger partial charge in [-0.25, -0.2) is 9.97 Å². The smallest absolute Gasteiger partial charge is 0.127 e. The molecule has 0 spiro atoms. The summed E-state index contributed by atoms with van der Waals surface area (Å²) >= 11 is 1.71. The van der Waals surface area contributed by atoms with Crippen molar-refractivity contribution in [3.63, 3.8) is 0 Å². The molecule has 0 atom stereocenters. The summed E-state index contributed by atoms with van der Waals surface area (Å²) in [6, 6.07) is 11.0. The molecule has 0 saturated carbocycles. The summed E-state index contributed by atoms with van der Waals surface area (Å²) in [5, 5.41) is 10.1. The van der Waals surface area contributed by atoms with Gasteiger partial charge in [0.2, 0.25) is 0 Å². The molecule has 1 N–H and O–H groups in total. The normalized spacial score (nSPS) is 16.5. The van der Waals surface area contributed by atoms with Gasteiger partial charge in [0.15, 0.2) is 0 Å². The Bertz CT molecular complexity index is 792. The molecule has 1 fully saturated rings. The van der Waals surface area contributed by atoms with E-state index in [0.717, 1.165) is 49.5 Å². The number of hydrogen-bond acceptors (Lipinski definition) is 6. The standard InChI is InChI=1S/C19H22N4OS/c24-10-9-22-5-7-23(8-6-22)13-15-1-3-16(4-2-15)18-11-17-12-20-14-21-19(17)25-18/h1-4,11-12,14,24H,5-10,13H2. The molecule has 4 rings (SSSR count). The van der Waals surface area contributed by atoms with E-state index in [4.69, 9.17) is 5.11 Å². The van der Waals surface area contributed by atoms with E-state index < -0.39 is 0 Å². The number of benzene rings is 1. The second-order valence-electron chi connectivity index (χ2n) is 6.43. The molecule has 130 valence electrons. The lowest BCUT2D eigenvalue weighted by Gasteiger charge is -2.34. The van der Waals surface area contributed by atoms with E-state index in [-0.39, 0.29) is 6.61 Å². The molecule has 1 aliphatic rings. The van der Waals surface area contributed by atoms with Crippen molar-refractivity contribution < 1.29 is 5.11 Å². The molecule has 3 heterocycles. The summed E-state index contributed by atoms with van der Waals surface area (Å²) in [6.07, 6.45) is 3.47. The monoisotopic (exact) mass is 354 g/mol. The van der Waals surface area contributed by atoms with Crippen LogP contribution in [0.15, 0.2) is 42.9 Å². The zero-order valence-electron chi connectivity index (χ0n) is 14.1. The van der Waals surface area contributed by atoms with Crippen LogP contribution in [0.1, 0.15) is 5.56 Å². The van der Waals surface area contributed by atoms with Crippen LogP contribution < -0.4 is 0 Å². The lowest BCUT2D eigenvalue weighted by atomic mass is 10.1. The van der Waals surface area contributed by atoms with Gasteiger partial charge in [-0.1, -0.05) is 24.3 Å². The molecule has 2 aromatic heterocycles. The maximum absolute atomic E-state index is 9.02. The molecule has 1 aliphatic heterocycles. The number of aromatic nitrogens is 2. The number of thiophene rings is 1. The number of aliphatic hydroxyl groups excluding tert-OH is 1. The summed E-state index contributed by atoms with van der Waals surface area (Å²) in [4.78, 5) is 15.5. The SMILES string of the molecule is OCCN1CCN(Cc2ccc(-c3cc4cncnc4s3)cc2)CC1. The van der Waals surface area contributed by atoms with E-state index in [0.29, 0.717) is 0 Å². The first-order valence-electron chi connectivity index (χ1n) is 8.66. The lowest BCUT2D eigenvalue weighted by Crippen LogP contribution is -2.46. The average molecular weight is 354 g/mol. The predicted octanol–water partition coefficient (Wildman–Crippen LogP) is 2.47. The molecule has 6 heteroatoms. The van der Waals surface area contributed by atoms with Crippen LogP contribution in [0, 0.1) is 0 Å². The van der Waals surface area contributed by atoms with E-state index in [1.54, 1.807) is 17.7 Å². The highest BCUT2D eigenvalue weighted by Gasteiger charge is 2.16. The van der Waals surface area contributed by atoms with Crippen LogP contribution in [-0.2, 0) is 6.54 Å². The van der Waals surface area contributed by atoms with E-state index in [1.807, 2.05) is 6.20 Å². The first-order chi connectivity index (χ1) is 12.3. The van der Waals surface area contributed by atoms with Crippen LogP contribution in [0.3, 0.4) is 0 Å². The molecule has 0 amide bonds. The third-order valence-corrected chi connectivity index (χ3v) is 5.83. The Morgan fingerprint density at radius 3 is 2.52 bits per heavy atom. The molecule has 1 aromatic carbocycles. The fourth-order valence-electron chi connectivity index (χ4n) is 3.28. The number of β-amino-alcohol motifs (C(OH)–C–C–N with tert-alkyl or cyclic N) is 1. The van der Waals surface area contributed by atoms with Gasteiger partial charge in [0.05, 0.1) is 6.61 Å². The molecule has 0 aliphatic carbocycles. The number of hydrogen-bond donors (Lipinski definition) is 1. The van der Waals surface area contributed by atoms with Gasteiger partial charge < -0.3 is 5.11 Å². The quantitative estimate of drug-likeness (QED) is 0.763. The molecule has 0 unspecified atom stereocenters. The van der Waals surface area contributed by atoms with Crippen LogP contribution in [-0.4, -0.2) is 64.2 Å². The van der Waals surface area contributed by atoms with Gasteiger partial charge in [-0.05, 0) is 17.2 Å². The number of nitrogens with zero attached hydrogens (tertiary/aromatic N) is 4. The number of fused-ring (bicyclic) bond motifs is 1. The van der Waals surface area contributed by atoms with Crippen molar-refractivity contribution in [1.29, 1.82) is 0 Å². The Morgan fingerprint density at radius 2 is 1.80 bits per heavy atom. The second-order valence-corrected chi connectivity index (χ2v) is 7.46. The maximum Gasteiger partial charge on any atom is 0.127 e. The van der Waals surface area contributed by atoms with Crippen molar-refractivity contribution in [2.75, 3.05) is 39.3 Å². The van der Waals surface area contributed by atoms with Gasteiger partial charge in [0.25, 0.3) is 0 Å². The van der Waals surface area contributed by atoms with Gasteiger partial charge in [-0.3, -0.25) is 9.80 Å². The highest BCUT2D eigenvalue weighted by atomic mass is 32.1. The van der Waals surface area contributed by atoms with Crippen molar-refractivity contribution in [3.05, 3.63) is 48.4 Å². The van der Waals surface area contributed by atoms with Crippen molar-refractivity contribution >= 4 is 21.6 Å². The largest absolute Gasteiger partial charge is 0.395 e. The van der Waals surface area contributed by atoms with E-state index in [1.165, 1.54) is 16.0 Å². The molecule has 1 saturated heterocycles. The lowest BCUT2D eigenvalue weighted by molar-refractivity contribution is 0.108. The Labute approximate surface area is 151 Å². The highest BCUT2D eigenvalue weighted by Crippen LogP contribution is 2.32. The molecule has 3 aromatic rings. The summed E-state index contributed by atoms with van der Waals surface area (Å²) in [7, 11) is 0. The van der Waals surface area contributed by atoms with Gasteiger partial charge >= 0.3 is 0 Å². The molecule has 25 heavy (non-hydrogen) atoms. The van der Waals surface area contributed by atoms with Crippen molar-refractivity contribution in [2.45, 2.75) is 6.54 Å². The molecular formula is C19H22N4OS. The van der Waals surface area contributed by atoms with Crippen LogP contribution in [0.2, 0.25) is 0 Å². The van der Waals surface area contributed by atoms with Crippen LogP contribution in [0.5, 0.6) is 0 Å². The Morgan fingerprint density at radius 1 is 1.04 bits per heavy atom. The van der Waals surface area contributed by atoms with Crippen LogP contribution in [0.4, 0.5) is 0 Å². The van der Waals surface area contributed by atoms with Gasteiger partial charge in [-0.2, -0.15) is 0 Å². The second kappa shape index (κ2) is 7.58. The summed E-state index contributed by atoms with van der Waals surface area (Å²) in [5.74, 6) is 0. The van der Waals surface area contributed by atoms with Gasteiger partial charge in [0.1, 0.15) is 11.2 Å². The maximum atomic E-state index is 9.02. The summed E-state index contributed by atoms with van der Waals surface area (Å²) in [5.41, 5.74) is 2.58. The van der Waals surface area contributed by atoms with Crippen molar-refractivity contribution in [3.8, 4) is 10.4 Å². The number of rotatable bonds is 5. The zero-order chi connectivity index (χ0) is 17.1. The van der Waals surface area contributed by atoms with Crippen LogP contribution >= 0.6 is 11.3 Å². The van der Waals surface area contributed by atoms with Crippen molar-refractivity contribution in [2.24, 2.45) is 0 Å². The predicted molar refractivity (Wildman–Crippen MR) is 102 cm³/mol. The van der Waals surface area contributed by atoms with E-state index in [2.05, 4.69) is 50.1 Å². The topological polar surface area (TPSA) is 52.5 Å². The van der Waals surface area contributed by atoms with Crippen LogP contribution in [0.25, 0.3) is 20.7 Å². The van der Waals surface area contributed by atoms with Gasteiger partial charge in [0, 0.05) is 55.7 Å². The van der Waals surface area contributed by atoms with Gasteiger partial charge in [-0.15, -0.1) is 11.3 Å².